The van der Waals surface area contributed by atoms with E-state index >= 15 is 0 Å². The first kappa shape index (κ1) is 15.9. The number of nitrogens with zero attached hydrogens (tertiary/aromatic N) is 1. The maximum absolute atomic E-state index is 5.89. The molecule has 0 aromatic heterocycles. The van der Waals surface area contributed by atoms with Crippen LogP contribution in [0.1, 0.15) is 5.56 Å². The quantitative estimate of drug-likeness (QED) is 0.739. The zero-order valence-electron chi connectivity index (χ0n) is 10.9. The zero-order chi connectivity index (χ0) is 13.4. The van der Waals surface area contributed by atoms with Crippen LogP contribution < -0.4 is 5.32 Å². The van der Waals surface area contributed by atoms with Crippen molar-refractivity contribution >= 4 is 27.5 Å². The standard InChI is InChI=1S/C13H20BrClN2O/c1-17(2)6-8-18-7-5-16-10-11-3-4-12(15)9-13(11)14/h3-4,9,16H,5-8,10H2,1-2H3. The summed E-state index contributed by atoms with van der Waals surface area (Å²) in [4.78, 5) is 2.11. The van der Waals surface area contributed by atoms with Crippen LogP contribution in [0.4, 0.5) is 0 Å². The monoisotopic (exact) mass is 334 g/mol. The maximum atomic E-state index is 5.89. The van der Waals surface area contributed by atoms with Crippen molar-refractivity contribution in [2.24, 2.45) is 0 Å². The highest BCUT2D eigenvalue weighted by Gasteiger charge is 2.00. The van der Waals surface area contributed by atoms with Gasteiger partial charge < -0.3 is 15.0 Å². The van der Waals surface area contributed by atoms with Crippen molar-refractivity contribution in [3.05, 3.63) is 33.3 Å². The van der Waals surface area contributed by atoms with Crippen molar-refractivity contribution in [3.63, 3.8) is 0 Å². The average molecular weight is 336 g/mol. The van der Waals surface area contributed by atoms with Crippen LogP contribution in [0, 0.1) is 0 Å². The molecular weight excluding hydrogens is 316 g/mol. The molecule has 0 spiro atoms. The van der Waals surface area contributed by atoms with E-state index in [1.165, 1.54) is 5.56 Å². The minimum absolute atomic E-state index is 0.735. The highest BCUT2D eigenvalue weighted by molar-refractivity contribution is 9.10. The second-order valence-corrected chi connectivity index (χ2v) is 5.62. The number of likely N-dealkylation sites (N-methyl/N-ethyl adjacent to an activating group) is 1. The number of halogens is 2. The van der Waals surface area contributed by atoms with Crippen molar-refractivity contribution in [2.75, 3.05) is 40.4 Å². The molecule has 1 aromatic rings. The van der Waals surface area contributed by atoms with E-state index in [0.717, 1.165) is 42.3 Å². The molecule has 0 aliphatic heterocycles. The minimum Gasteiger partial charge on any atom is -0.379 e. The van der Waals surface area contributed by atoms with Crippen LogP contribution in [0.15, 0.2) is 22.7 Å². The molecule has 3 nitrogen and oxygen atoms in total. The first-order chi connectivity index (χ1) is 8.59. The van der Waals surface area contributed by atoms with Gasteiger partial charge in [-0.15, -0.1) is 0 Å². The Morgan fingerprint density at radius 3 is 2.78 bits per heavy atom. The third-order valence-corrected chi connectivity index (χ3v) is 3.41. The van der Waals surface area contributed by atoms with E-state index in [4.69, 9.17) is 16.3 Å². The normalized spacial score (nSPS) is 11.2. The minimum atomic E-state index is 0.735. The maximum Gasteiger partial charge on any atom is 0.0593 e. The summed E-state index contributed by atoms with van der Waals surface area (Å²) in [6, 6.07) is 5.83. The molecule has 0 aliphatic rings. The lowest BCUT2D eigenvalue weighted by Gasteiger charge is -2.10. The fourth-order valence-corrected chi connectivity index (χ4v) is 2.20. The van der Waals surface area contributed by atoms with Gasteiger partial charge in [-0.05, 0) is 31.8 Å². The number of hydrogen-bond donors (Lipinski definition) is 1. The molecular formula is C13H20BrClN2O. The summed E-state index contributed by atoms with van der Waals surface area (Å²) in [5, 5.41) is 4.09. The Bertz CT molecular complexity index is 361. The molecule has 0 fully saturated rings. The first-order valence-corrected chi connectivity index (χ1v) is 7.14. The van der Waals surface area contributed by atoms with Crippen molar-refractivity contribution in [2.45, 2.75) is 6.54 Å². The van der Waals surface area contributed by atoms with Gasteiger partial charge in [-0.3, -0.25) is 0 Å². The highest BCUT2D eigenvalue weighted by atomic mass is 79.9. The lowest BCUT2D eigenvalue weighted by atomic mass is 10.2. The number of rotatable bonds is 8. The van der Waals surface area contributed by atoms with Gasteiger partial charge in [0.1, 0.15) is 0 Å². The van der Waals surface area contributed by atoms with E-state index in [1.807, 2.05) is 32.3 Å². The van der Waals surface area contributed by atoms with Gasteiger partial charge in [0.15, 0.2) is 0 Å². The van der Waals surface area contributed by atoms with E-state index in [2.05, 4.69) is 26.1 Å². The van der Waals surface area contributed by atoms with Crippen molar-refractivity contribution in [1.29, 1.82) is 0 Å². The second-order valence-electron chi connectivity index (χ2n) is 4.33. The van der Waals surface area contributed by atoms with Gasteiger partial charge in [0.25, 0.3) is 0 Å². The van der Waals surface area contributed by atoms with Crippen LogP contribution in [0.25, 0.3) is 0 Å². The van der Waals surface area contributed by atoms with Crippen LogP contribution in [0.3, 0.4) is 0 Å². The van der Waals surface area contributed by atoms with Gasteiger partial charge in [-0.2, -0.15) is 0 Å². The summed E-state index contributed by atoms with van der Waals surface area (Å²) in [6.45, 7) is 4.14. The van der Waals surface area contributed by atoms with Gasteiger partial charge in [-0.1, -0.05) is 33.6 Å². The summed E-state index contributed by atoms with van der Waals surface area (Å²) >= 11 is 9.38. The smallest absolute Gasteiger partial charge is 0.0593 e. The Hall–Kier alpha value is -0.130. The Morgan fingerprint density at radius 2 is 2.11 bits per heavy atom. The topological polar surface area (TPSA) is 24.5 Å². The average Bonchev–Trinajstić information content (AvgIpc) is 2.30. The van der Waals surface area contributed by atoms with E-state index in [0.29, 0.717) is 0 Å². The van der Waals surface area contributed by atoms with Gasteiger partial charge in [0, 0.05) is 29.1 Å². The molecule has 1 rings (SSSR count). The van der Waals surface area contributed by atoms with E-state index in [9.17, 15) is 0 Å². The highest BCUT2D eigenvalue weighted by Crippen LogP contribution is 2.21. The summed E-state index contributed by atoms with van der Waals surface area (Å²) in [5.41, 5.74) is 1.20. The van der Waals surface area contributed by atoms with E-state index < -0.39 is 0 Å². The molecule has 0 bridgehead atoms. The van der Waals surface area contributed by atoms with Crippen LogP contribution in [0.2, 0.25) is 5.02 Å². The van der Waals surface area contributed by atoms with Gasteiger partial charge >= 0.3 is 0 Å². The molecule has 5 heteroatoms. The second kappa shape index (κ2) is 8.88. The summed E-state index contributed by atoms with van der Waals surface area (Å²) in [6.07, 6.45) is 0. The van der Waals surface area contributed by atoms with Crippen LogP contribution in [0.5, 0.6) is 0 Å². The number of hydrogen-bond acceptors (Lipinski definition) is 3. The Labute approximate surface area is 123 Å². The lowest BCUT2D eigenvalue weighted by molar-refractivity contribution is 0.119. The summed E-state index contributed by atoms with van der Waals surface area (Å²) < 4.78 is 6.53. The van der Waals surface area contributed by atoms with Crippen molar-refractivity contribution < 1.29 is 4.74 Å². The number of benzene rings is 1. The Morgan fingerprint density at radius 1 is 1.33 bits per heavy atom. The molecule has 0 saturated carbocycles. The van der Waals surface area contributed by atoms with E-state index in [-0.39, 0.29) is 0 Å². The summed E-state index contributed by atoms with van der Waals surface area (Å²) in [7, 11) is 4.08. The Kier molecular flexibility index (Phi) is 7.86. The molecule has 1 N–H and O–H groups in total. The predicted molar refractivity (Wildman–Crippen MR) is 80.2 cm³/mol. The molecule has 0 unspecified atom stereocenters. The first-order valence-electron chi connectivity index (χ1n) is 5.96. The SMILES string of the molecule is CN(C)CCOCCNCc1ccc(Cl)cc1Br. The third kappa shape index (κ3) is 6.71. The molecule has 0 heterocycles. The van der Waals surface area contributed by atoms with Gasteiger partial charge in [-0.25, -0.2) is 0 Å². The molecule has 18 heavy (non-hydrogen) atoms. The molecule has 0 aliphatic carbocycles. The molecule has 102 valence electrons. The fraction of sp³-hybridized carbons (Fsp3) is 0.538. The van der Waals surface area contributed by atoms with E-state index in [1.54, 1.807) is 0 Å². The zero-order valence-corrected chi connectivity index (χ0v) is 13.2. The van der Waals surface area contributed by atoms with Gasteiger partial charge in [0.05, 0.1) is 13.2 Å². The Balaban J connectivity index is 2.11. The van der Waals surface area contributed by atoms with Crippen molar-refractivity contribution in [1.82, 2.24) is 10.2 Å². The number of ether oxygens (including phenoxy) is 1. The predicted octanol–water partition coefficient (Wildman–Crippen LogP) is 2.77. The molecule has 0 radical (unpaired) electrons. The largest absolute Gasteiger partial charge is 0.379 e. The lowest BCUT2D eigenvalue weighted by Crippen LogP contribution is -2.23. The fourth-order valence-electron chi connectivity index (χ4n) is 1.38. The van der Waals surface area contributed by atoms with Crippen molar-refractivity contribution in [3.8, 4) is 0 Å². The molecule has 0 amide bonds. The third-order valence-electron chi connectivity index (χ3n) is 2.44. The molecule has 0 saturated heterocycles. The van der Waals surface area contributed by atoms with Crippen LogP contribution in [-0.4, -0.2) is 45.3 Å². The van der Waals surface area contributed by atoms with Gasteiger partial charge in [0.2, 0.25) is 0 Å². The molecule has 0 atom stereocenters. The van der Waals surface area contributed by atoms with Crippen LogP contribution in [-0.2, 0) is 11.3 Å². The van der Waals surface area contributed by atoms with Crippen LogP contribution >= 0.6 is 27.5 Å². The number of nitrogens with one attached hydrogen (secondary N) is 1. The summed E-state index contributed by atoms with van der Waals surface area (Å²) in [5.74, 6) is 0. The molecule has 1 aromatic carbocycles.